The van der Waals surface area contributed by atoms with Crippen molar-refractivity contribution in [1.82, 2.24) is 5.32 Å². The minimum Gasteiger partial charge on any atom is -0.381 e. The number of hydrogen-bond donors (Lipinski definition) is 1. The van der Waals surface area contributed by atoms with Crippen molar-refractivity contribution in [2.75, 3.05) is 20.3 Å². The minimum atomic E-state index is 0. The highest BCUT2D eigenvalue weighted by Gasteiger charge is 2.07. The first-order valence-electron chi connectivity index (χ1n) is 4.32. The van der Waals surface area contributed by atoms with E-state index in [2.05, 4.69) is 17.5 Å². The lowest BCUT2D eigenvalue weighted by atomic mass is 10.0. The van der Waals surface area contributed by atoms with Gasteiger partial charge in [-0.15, -0.1) is 12.4 Å². The predicted octanol–water partition coefficient (Wildman–Crippen LogP) is 1.75. The fourth-order valence-electron chi connectivity index (χ4n) is 1.36. The number of nitrogens with one attached hydrogen (secondary N) is 1. The molecule has 1 aliphatic rings. The molecule has 1 atom stereocenters. The molecule has 1 rings (SSSR count). The van der Waals surface area contributed by atoms with Crippen molar-refractivity contribution in [3.05, 3.63) is 12.2 Å². The molecule has 1 N–H and O–H groups in total. The van der Waals surface area contributed by atoms with Crippen LogP contribution in [0.5, 0.6) is 0 Å². The molecule has 12 heavy (non-hydrogen) atoms. The third kappa shape index (κ3) is 4.75. The minimum absolute atomic E-state index is 0. The van der Waals surface area contributed by atoms with Gasteiger partial charge in [0.1, 0.15) is 0 Å². The highest BCUT2D eigenvalue weighted by Crippen LogP contribution is 2.07. The van der Waals surface area contributed by atoms with Crippen molar-refractivity contribution < 1.29 is 4.74 Å². The second-order valence-electron chi connectivity index (χ2n) is 2.94. The van der Waals surface area contributed by atoms with Gasteiger partial charge in [0.15, 0.2) is 0 Å². The Hall–Kier alpha value is -0.0500. The van der Waals surface area contributed by atoms with E-state index in [9.17, 15) is 0 Å². The summed E-state index contributed by atoms with van der Waals surface area (Å²) >= 11 is 0. The molecule has 0 aromatic rings. The average Bonchev–Trinajstić information content (AvgIpc) is 2.07. The molecule has 1 heterocycles. The highest BCUT2D eigenvalue weighted by molar-refractivity contribution is 5.85. The molecule has 0 aromatic carbocycles. The van der Waals surface area contributed by atoms with Crippen LogP contribution >= 0.6 is 12.4 Å². The van der Waals surface area contributed by atoms with Crippen LogP contribution in [-0.2, 0) is 4.74 Å². The monoisotopic (exact) mass is 191 g/mol. The molecule has 0 radical (unpaired) electrons. The van der Waals surface area contributed by atoms with E-state index in [1.807, 2.05) is 0 Å². The smallest absolute Gasteiger partial charge is 0.0644 e. The van der Waals surface area contributed by atoms with Crippen molar-refractivity contribution in [1.29, 1.82) is 0 Å². The zero-order valence-electron chi connectivity index (χ0n) is 7.58. The largest absolute Gasteiger partial charge is 0.381 e. The Labute approximate surface area is 80.8 Å². The second-order valence-corrected chi connectivity index (χ2v) is 2.94. The molecule has 2 nitrogen and oxygen atoms in total. The summed E-state index contributed by atoms with van der Waals surface area (Å²) in [5.41, 5.74) is 0. The Kier molecular flexibility index (Phi) is 7.56. The SMILES string of the molecule is COC/C=C/C1CCCCN1.Cl. The van der Waals surface area contributed by atoms with Crippen LogP contribution in [-0.4, -0.2) is 26.3 Å². The van der Waals surface area contributed by atoms with Crippen LogP contribution in [0.2, 0.25) is 0 Å². The van der Waals surface area contributed by atoms with E-state index in [-0.39, 0.29) is 12.4 Å². The van der Waals surface area contributed by atoms with Crippen LogP contribution in [0.3, 0.4) is 0 Å². The molecule has 1 fully saturated rings. The Balaban J connectivity index is 0.00000121. The molecule has 3 heteroatoms. The molecule has 72 valence electrons. The van der Waals surface area contributed by atoms with E-state index >= 15 is 0 Å². The van der Waals surface area contributed by atoms with Gasteiger partial charge in [-0.2, -0.15) is 0 Å². The number of methoxy groups -OCH3 is 1. The number of rotatable bonds is 3. The van der Waals surface area contributed by atoms with Crippen LogP contribution < -0.4 is 5.32 Å². The van der Waals surface area contributed by atoms with Crippen LogP contribution in [0.4, 0.5) is 0 Å². The topological polar surface area (TPSA) is 21.3 Å². The van der Waals surface area contributed by atoms with Gasteiger partial charge in [-0.25, -0.2) is 0 Å². The lowest BCUT2D eigenvalue weighted by Crippen LogP contribution is -2.32. The quantitative estimate of drug-likeness (QED) is 0.687. The number of hydrogen-bond acceptors (Lipinski definition) is 2. The van der Waals surface area contributed by atoms with Gasteiger partial charge in [-0.3, -0.25) is 0 Å². The summed E-state index contributed by atoms with van der Waals surface area (Å²) in [5, 5.41) is 3.44. The number of ether oxygens (including phenoxy) is 1. The molecule has 0 aliphatic carbocycles. The second kappa shape index (κ2) is 7.59. The van der Waals surface area contributed by atoms with Gasteiger partial charge in [0.25, 0.3) is 0 Å². The van der Waals surface area contributed by atoms with Gasteiger partial charge in [0.05, 0.1) is 6.61 Å². The molecular formula is C9H18ClNO. The van der Waals surface area contributed by atoms with Gasteiger partial charge >= 0.3 is 0 Å². The summed E-state index contributed by atoms with van der Waals surface area (Å²) in [6.07, 6.45) is 8.26. The maximum atomic E-state index is 4.92. The van der Waals surface area contributed by atoms with Crippen LogP contribution in [0.15, 0.2) is 12.2 Å². The summed E-state index contributed by atoms with van der Waals surface area (Å²) in [6, 6.07) is 0.596. The van der Waals surface area contributed by atoms with E-state index < -0.39 is 0 Å². The molecule has 1 aliphatic heterocycles. The van der Waals surface area contributed by atoms with Crippen molar-refractivity contribution >= 4 is 12.4 Å². The first kappa shape index (κ1) is 11.9. The maximum absolute atomic E-state index is 4.92. The molecule has 1 saturated heterocycles. The lowest BCUT2D eigenvalue weighted by molar-refractivity contribution is 0.233. The Bertz CT molecular complexity index is 122. The molecule has 0 aromatic heterocycles. The van der Waals surface area contributed by atoms with Gasteiger partial charge < -0.3 is 10.1 Å². The zero-order valence-corrected chi connectivity index (χ0v) is 8.40. The first-order chi connectivity index (χ1) is 5.43. The summed E-state index contributed by atoms with van der Waals surface area (Å²) in [7, 11) is 1.72. The van der Waals surface area contributed by atoms with Gasteiger partial charge in [-0.05, 0) is 19.4 Å². The number of halogens is 1. The van der Waals surface area contributed by atoms with E-state index in [0.29, 0.717) is 6.04 Å². The summed E-state index contributed by atoms with van der Waals surface area (Å²) in [4.78, 5) is 0. The first-order valence-corrected chi connectivity index (χ1v) is 4.32. The Morgan fingerprint density at radius 3 is 2.92 bits per heavy atom. The molecular weight excluding hydrogens is 174 g/mol. The summed E-state index contributed by atoms with van der Waals surface area (Å²) in [6.45, 7) is 1.90. The van der Waals surface area contributed by atoms with Crippen molar-refractivity contribution in [2.24, 2.45) is 0 Å². The normalized spacial score (nSPS) is 23.9. The van der Waals surface area contributed by atoms with E-state index in [0.717, 1.165) is 6.61 Å². The summed E-state index contributed by atoms with van der Waals surface area (Å²) in [5.74, 6) is 0. The third-order valence-corrected chi connectivity index (χ3v) is 1.98. The van der Waals surface area contributed by atoms with Gasteiger partial charge in [-0.1, -0.05) is 18.6 Å². The van der Waals surface area contributed by atoms with Gasteiger partial charge in [0, 0.05) is 13.2 Å². The predicted molar refractivity (Wildman–Crippen MR) is 53.9 cm³/mol. The lowest BCUT2D eigenvalue weighted by Gasteiger charge is -2.19. The summed E-state index contributed by atoms with van der Waals surface area (Å²) < 4.78 is 4.92. The molecule has 0 amide bonds. The van der Waals surface area contributed by atoms with Crippen molar-refractivity contribution in [2.45, 2.75) is 25.3 Å². The van der Waals surface area contributed by atoms with E-state index in [1.165, 1.54) is 25.8 Å². The van der Waals surface area contributed by atoms with Crippen molar-refractivity contribution in [3.8, 4) is 0 Å². The maximum Gasteiger partial charge on any atom is 0.0644 e. The Morgan fingerprint density at radius 1 is 1.50 bits per heavy atom. The molecule has 1 unspecified atom stereocenters. The van der Waals surface area contributed by atoms with E-state index in [4.69, 9.17) is 4.74 Å². The van der Waals surface area contributed by atoms with E-state index in [1.54, 1.807) is 7.11 Å². The van der Waals surface area contributed by atoms with Crippen LogP contribution in [0, 0.1) is 0 Å². The van der Waals surface area contributed by atoms with Crippen molar-refractivity contribution in [3.63, 3.8) is 0 Å². The fourth-order valence-corrected chi connectivity index (χ4v) is 1.36. The molecule has 0 saturated carbocycles. The molecule has 0 bridgehead atoms. The van der Waals surface area contributed by atoms with Crippen LogP contribution in [0.25, 0.3) is 0 Å². The molecule has 0 spiro atoms. The third-order valence-electron chi connectivity index (χ3n) is 1.98. The fraction of sp³-hybridized carbons (Fsp3) is 0.778. The highest BCUT2D eigenvalue weighted by atomic mass is 35.5. The zero-order chi connectivity index (χ0) is 7.94. The number of piperidine rings is 1. The van der Waals surface area contributed by atoms with Crippen LogP contribution in [0.1, 0.15) is 19.3 Å². The van der Waals surface area contributed by atoms with Gasteiger partial charge in [0.2, 0.25) is 0 Å². The standard InChI is InChI=1S/C9H17NO.ClH/c1-11-8-4-6-9-5-2-3-7-10-9;/h4,6,9-10H,2-3,5,7-8H2,1H3;1H/b6-4+;. The average molecular weight is 192 g/mol. The Morgan fingerprint density at radius 2 is 2.33 bits per heavy atom.